The summed E-state index contributed by atoms with van der Waals surface area (Å²) in [7, 11) is 0. The molecule has 0 radical (unpaired) electrons. The molecule has 0 aliphatic carbocycles. The highest BCUT2D eigenvalue weighted by Gasteiger charge is 2.16. The van der Waals surface area contributed by atoms with Crippen LogP contribution >= 0.6 is 0 Å². The van der Waals surface area contributed by atoms with E-state index in [4.69, 9.17) is 9.63 Å². The van der Waals surface area contributed by atoms with E-state index >= 15 is 0 Å². The van der Waals surface area contributed by atoms with Gasteiger partial charge in [0.2, 0.25) is 0 Å². The van der Waals surface area contributed by atoms with Crippen molar-refractivity contribution >= 4 is 5.97 Å². The first-order valence-corrected chi connectivity index (χ1v) is 6.46. The summed E-state index contributed by atoms with van der Waals surface area (Å²) in [6.45, 7) is 4.67. The van der Waals surface area contributed by atoms with Crippen molar-refractivity contribution in [3.63, 3.8) is 0 Å². The number of imidazole rings is 1. The number of nitrogens with one attached hydrogen (secondary N) is 1. The summed E-state index contributed by atoms with van der Waals surface area (Å²) in [6, 6.07) is 1.85. The van der Waals surface area contributed by atoms with Crippen LogP contribution in [0, 0.1) is 6.92 Å². The molecule has 0 amide bonds. The van der Waals surface area contributed by atoms with Crippen molar-refractivity contribution in [2.45, 2.75) is 33.4 Å². The second kappa shape index (κ2) is 6.33. The molecule has 0 saturated carbocycles. The Balaban J connectivity index is 2.07. The molecule has 0 fully saturated rings. The Hall–Kier alpha value is -2.15. The van der Waals surface area contributed by atoms with Crippen LogP contribution in [0.4, 0.5) is 0 Å². The molecular formula is C13H18N4O3. The minimum absolute atomic E-state index is 0.0749. The van der Waals surface area contributed by atoms with Crippen molar-refractivity contribution in [1.82, 2.24) is 20.0 Å². The Bertz CT molecular complexity index is 576. The van der Waals surface area contributed by atoms with Gasteiger partial charge in [0.1, 0.15) is 0 Å². The van der Waals surface area contributed by atoms with Gasteiger partial charge in [0, 0.05) is 18.3 Å². The van der Waals surface area contributed by atoms with Gasteiger partial charge >= 0.3 is 5.97 Å². The Morgan fingerprint density at radius 3 is 2.85 bits per heavy atom. The predicted molar refractivity (Wildman–Crippen MR) is 71.0 cm³/mol. The maximum atomic E-state index is 11.0. The van der Waals surface area contributed by atoms with E-state index < -0.39 is 5.97 Å². The van der Waals surface area contributed by atoms with Gasteiger partial charge in [-0.05, 0) is 13.3 Å². The lowest BCUT2D eigenvalue weighted by Gasteiger charge is -2.17. The third-order valence-electron chi connectivity index (χ3n) is 3.02. The fourth-order valence-corrected chi connectivity index (χ4v) is 1.93. The standard InChI is InChI=1S/C13H18N4O3/c1-3-10-4-11(20-16-10)5-17(7-13(18)19)6-12-9(2)14-8-15-12/h4,8H,3,5-7H2,1-2H3,(H,14,15)(H,18,19). The van der Waals surface area contributed by atoms with E-state index in [0.717, 1.165) is 23.5 Å². The molecule has 2 aromatic rings. The number of hydrogen-bond acceptors (Lipinski definition) is 5. The maximum Gasteiger partial charge on any atom is 0.317 e. The molecule has 2 heterocycles. The van der Waals surface area contributed by atoms with Crippen molar-refractivity contribution in [3.8, 4) is 0 Å². The maximum absolute atomic E-state index is 11.0. The number of H-pyrrole nitrogens is 1. The second-order valence-electron chi connectivity index (χ2n) is 4.65. The molecule has 7 heteroatoms. The van der Waals surface area contributed by atoms with Crippen LogP contribution in [0.3, 0.4) is 0 Å². The van der Waals surface area contributed by atoms with Gasteiger partial charge in [-0.15, -0.1) is 0 Å². The first-order valence-electron chi connectivity index (χ1n) is 6.46. The van der Waals surface area contributed by atoms with Crippen molar-refractivity contribution in [2.24, 2.45) is 0 Å². The summed E-state index contributed by atoms with van der Waals surface area (Å²) in [4.78, 5) is 19.9. The van der Waals surface area contributed by atoms with Crippen molar-refractivity contribution in [1.29, 1.82) is 0 Å². The summed E-state index contributed by atoms with van der Waals surface area (Å²) in [5.41, 5.74) is 2.64. The van der Waals surface area contributed by atoms with Crippen LogP contribution in [0.1, 0.15) is 29.8 Å². The van der Waals surface area contributed by atoms with Gasteiger partial charge in [-0.3, -0.25) is 9.69 Å². The molecule has 0 aromatic carbocycles. The van der Waals surface area contributed by atoms with Gasteiger partial charge in [-0.25, -0.2) is 4.98 Å². The monoisotopic (exact) mass is 278 g/mol. The van der Waals surface area contributed by atoms with Gasteiger partial charge in [0.15, 0.2) is 5.76 Å². The van der Waals surface area contributed by atoms with E-state index in [1.54, 1.807) is 11.2 Å². The number of carboxylic acids is 1. The largest absolute Gasteiger partial charge is 0.480 e. The minimum atomic E-state index is -0.881. The number of nitrogens with zero attached hydrogens (tertiary/aromatic N) is 3. The summed E-state index contributed by atoms with van der Waals surface area (Å²) >= 11 is 0. The second-order valence-corrected chi connectivity index (χ2v) is 4.65. The van der Waals surface area contributed by atoms with Crippen LogP contribution in [0.5, 0.6) is 0 Å². The third-order valence-corrected chi connectivity index (χ3v) is 3.02. The number of aromatic nitrogens is 3. The van der Waals surface area contributed by atoms with Crippen LogP contribution in [0.25, 0.3) is 0 Å². The van der Waals surface area contributed by atoms with Crippen LogP contribution in [-0.2, 0) is 24.3 Å². The number of rotatable bonds is 7. The number of hydrogen-bond donors (Lipinski definition) is 2. The molecule has 0 unspecified atom stereocenters. The fourth-order valence-electron chi connectivity index (χ4n) is 1.93. The highest BCUT2D eigenvalue weighted by atomic mass is 16.5. The number of carboxylic acid groups (broad SMARTS) is 1. The first-order chi connectivity index (χ1) is 9.58. The zero-order valence-corrected chi connectivity index (χ0v) is 11.6. The van der Waals surface area contributed by atoms with Gasteiger partial charge in [-0.1, -0.05) is 12.1 Å². The SMILES string of the molecule is CCc1cc(CN(CC(=O)O)Cc2nc[nH]c2C)on1. The fraction of sp³-hybridized carbons (Fsp3) is 0.462. The summed E-state index contributed by atoms with van der Waals surface area (Å²) in [5, 5.41) is 12.9. The Morgan fingerprint density at radius 1 is 1.50 bits per heavy atom. The smallest absolute Gasteiger partial charge is 0.317 e. The number of aliphatic carboxylic acids is 1. The summed E-state index contributed by atoms with van der Waals surface area (Å²) < 4.78 is 5.20. The van der Waals surface area contributed by atoms with E-state index in [9.17, 15) is 4.79 Å². The topological polar surface area (TPSA) is 95.2 Å². The molecular weight excluding hydrogens is 260 g/mol. The zero-order valence-electron chi connectivity index (χ0n) is 11.6. The van der Waals surface area contributed by atoms with E-state index in [-0.39, 0.29) is 6.54 Å². The Labute approximate surface area is 116 Å². The highest BCUT2D eigenvalue weighted by Crippen LogP contribution is 2.12. The Morgan fingerprint density at radius 2 is 2.30 bits per heavy atom. The molecule has 7 nitrogen and oxygen atoms in total. The Kier molecular flexibility index (Phi) is 4.52. The molecule has 2 aromatic heterocycles. The molecule has 2 N–H and O–H groups in total. The molecule has 0 bridgehead atoms. The lowest BCUT2D eigenvalue weighted by atomic mass is 10.2. The van der Waals surface area contributed by atoms with Crippen molar-refractivity contribution in [3.05, 3.63) is 35.2 Å². The van der Waals surface area contributed by atoms with Gasteiger partial charge in [-0.2, -0.15) is 0 Å². The first kappa shape index (κ1) is 14.3. The van der Waals surface area contributed by atoms with Crippen LogP contribution in [0.2, 0.25) is 0 Å². The van der Waals surface area contributed by atoms with Gasteiger partial charge in [0.25, 0.3) is 0 Å². The summed E-state index contributed by atoms with van der Waals surface area (Å²) in [6.07, 6.45) is 2.40. The molecule has 0 saturated heterocycles. The molecule has 108 valence electrons. The lowest BCUT2D eigenvalue weighted by molar-refractivity contribution is -0.138. The van der Waals surface area contributed by atoms with Crippen molar-refractivity contribution < 1.29 is 14.4 Å². The normalized spacial score (nSPS) is 11.2. The summed E-state index contributed by atoms with van der Waals surface area (Å²) in [5.74, 6) is -0.218. The van der Waals surface area contributed by atoms with Crippen LogP contribution < -0.4 is 0 Å². The molecule has 20 heavy (non-hydrogen) atoms. The van der Waals surface area contributed by atoms with Crippen LogP contribution in [0.15, 0.2) is 16.9 Å². The predicted octanol–water partition coefficient (Wildman–Crippen LogP) is 1.36. The zero-order chi connectivity index (χ0) is 14.5. The number of aryl methyl sites for hydroxylation is 2. The molecule has 0 spiro atoms. The van der Waals surface area contributed by atoms with E-state index in [0.29, 0.717) is 18.8 Å². The van der Waals surface area contributed by atoms with Gasteiger partial charge in [0.05, 0.1) is 30.8 Å². The average Bonchev–Trinajstić information content (AvgIpc) is 2.99. The van der Waals surface area contributed by atoms with Crippen LogP contribution in [-0.4, -0.2) is 37.6 Å². The average molecular weight is 278 g/mol. The molecule has 0 aliphatic rings. The number of carbonyl (C=O) groups is 1. The number of aromatic amines is 1. The molecule has 0 atom stereocenters. The third kappa shape index (κ3) is 3.67. The van der Waals surface area contributed by atoms with E-state index in [1.165, 1.54) is 0 Å². The van der Waals surface area contributed by atoms with Gasteiger partial charge < -0.3 is 14.6 Å². The quantitative estimate of drug-likeness (QED) is 0.794. The molecule has 2 rings (SSSR count). The van der Waals surface area contributed by atoms with E-state index in [1.807, 2.05) is 19.9 Å². The minimum Gasteiger partial charge on any atom is -0.480 e. The molecule has 0 aliphatic heterocycles. The van der Waals surface area contributed by atoms with Crippen molar-refractivity contribution in [2.75, 3.05) is 6.54 Å². The lowest BCUT2D eigenvalue weighted by Crippen LogP contribution is -2.29. The highest BCUT2D eigenvalue weighted by molar-refractivity contribution is 5.69. The van der Waals surface area contributed by atoms with E-state index in [2.05, 4.69) is 15.1 Å².